The molecule has 0 aliphatic carbocycles. The van der Waals surface area contributed by atoms with E-state index in [1.807, 2.05) is 6.92 Å². The number of hydrogen-bond acceptors (Lipinski definition) is 3. The summed E-state index contributed by atoms with van der Waals surface area (Å²) in [4.78, 5) is 28.8. The number of piperazine rings is 1. The molecule has 3 rings (SSSR count). The Morgan fingerprint density at radius 2 is 2.04 bits per heavy atom. The Hall–Kier alpha value is -2.02. The van der Waals surface area contributed by atoms with Crippen molar-refractivity contribution in [2.45, 2.75) is 38.3 Å². The average molecular weight is 337 g/mol. The van der Waals surface area contributed by atoms with Crippen molar-refractivity contribution in [1.82, 2.24) is 9.80 Å². The first-order valence-corrected chi connectivity index (χ1v) is 8.30. The number of halogens is 2. The summed E-state index contributed by atoms with van der Waals surface area (Å²) in [5.74, 6) is -3.49. The second kappa shape index (κ2) is 6.84. The number of carbonyl (C=O) groups is 2. The summed E-state index contributed by atoms with van der Waals surface area (Å²) < 4.78 is 26.2. The molecule has 0 radical (unpaired) electrons. The molecule has 1 aromatic rings. The predicted octanol–water partition coefficient (Wildman–Crippen LogP) is 1.99. The number of nitrogens with zero attached hydrogens (tertiary/aromatic N) is 2. The smallest absolute Gasteiger partial charge is 0.313 e. The maximum Gasteiger partial charge on any atom is 0.313 e. The van der Waals surface area contributed by atoms with Gasteiger partial charge in [0.2, 0.25) is 0 Å². The molecule has 0 saturated carbocycles. The molecule has 0 unspecified atom stereocenters. The van der Waals surface area contributed by atoms with Gasteiger partial charge in [-0.2, -0.15) is 0 Å². The topological polar surface area (TPSA) is 52.7 Å². The van der Waals surface area contributed by atoms with Gasteiger partial charge < -0.3 is 10.2 Å². The third-order valence-corrected chi connectivity index (χ3v) is 4.90. The van der Waals surface area contributed by atoms with Crippen LogP contribution in [0.3, 0.4) is 0 Å². The highest BCUT2D eigenvalue weighted by Gasteiger charge is 2.39. The molecule has 130 valence electrons. The molecule has 2 amide bonds. The number of carbonyl (C=O) groups excluding carboxylic acids is 2. The van der Waals surface area contributed by atoms with Crippen LogP contribution in [0.2, 0.25) is 0 Å². The van der Waals surface area contributed by atoms with Crippen LogP contribution in [0, 0.1) is 11.6 Å². The van der Waals surface area contributed by atoms with Crippen LogP contribution in [-0.4, -0.2) is 53.3 Å². The van der Waals surface area contributed by atoms with Gasteiger partial charge in [0.1, 0.15) is 0 Å². The van der Waals surface area contributed by atoms with Crippen LogP contribution in [0.25, 0.3) is 0 Å². The molecule has 0 aromatic heterocycles. The first-order valence-electron chi connectivity index (χ1n) is 8.30. The standard InChI is InChI=1S/C17H21F2N3O2/c1-2-12-9-21-7-3-4-13(21)10-22(12)17(24)16(23)20-11-5-6-14(18)15(19)8-11/h5-6,8,12-13H,2-4,7,9-10H2,1H3,(H,20,23)/t12-,13+/m0/s1. The Bertz CT molecular complexity index is 653. The molecule has 1 aromatic carbocycles. The molecule has 2 fully saturated rings. The molecule has 2 saturated heterocycles. The summed E-state index contributed by atoms with van der Waals surface area (Å²) in [5.41, 5.74) is 0.0693. The molecular weight excluding hydrogens is 316 g/mol. The van der Waals surface area contributed by atoms with Crippen molar-refractivity contribution in [3.63, 3.8) is 0 Å². The third-order valence-electron chi connectivity index (χ3n) is 4.90. The zero-order chi connectivity index (χ0) is 17.3. The lowest BCUT2D eigenvalue weighted by Crippen LogP contribution is -2.59. The van der Waals surface area contributed by atoms with Crippen molar-refractivity contribution in [2.75, 3.05) is 25.0 Å². The minimum atomic E-state index is -1.06. The molecule has 7 heteroatoms. The number of anilines is 1. The predicted molar refractivity (Wildman–Crippen MR) is 85.4 cm³/mol. The summed E-state index contributed by atoms with van der Waals surface area (Å²) in [6, 6.07) is 3.33. The van der Waals surface area contributed by atoms with E-state index in [9.17, 15) is 18.4 Å². The van der Waals surface area contributed by atoms with Crippen molar-refractivity contribution >= 4 is 17.5 Å². The Morgan fingerprint density at radius 1 is 1.25 bits per heavy atom. The van der Waals surface area contributed by atoms with Crippen molar-refractivity contribution in [3.05, 3.63) is 29.8 Å². The Morgan fingerprint density at radius 3 is 2.75 bits per heavy atom. The minimum Gasteiger partial charge on any atom is -0.329 e. The number of rotatable bonds is 2. The Balaban J connectivity index is 1.69. The minimum absolute atomic E-state index is 0.00236. The number of fused-ring (bicyclic) bond motifs is 1. The lowest BCUT2D eigenvalue weighted by molar-refractivity contribution is -0.147. The number of benzene rings is 1. The van der Waals surface area contributed by atoms with Gasteiger partial charge in [-0.05, 0) is 37.9 Å². The first kappa shape index (κ1) is 16.8. The second-order valence-electron chi connectivity index (χ2n) is 6.39. The Labute approximate surface area is 139 Å². The van der Waals surface area contributed by atoms with Crippen molar-refractivity contribution in [3.8, 4) is 0 Å². The molecule has 0 spiro atoms. The van der Waals surface area contributed by atoms with Gasteiger partial charge in [-0.25, -0.2) is 8.78 Å². The number of nitrogens with one attached hydrogen (secondary N) is 1. The van der Waals surface area contributed by atoms with Crippen molar-refractivity contribution in [2.24, 2.45) is 0 Å². The van der Waals surface area contributed by atoms with E-state index in [4.69, 9.17) is 0 Å². The molecule has 0 bridgehead atoms. The quantitative estimate of drug-likeness (QED) is 0.840. The zero-order valence-electron chi connectivity index (χ0n) is 13.6. The number of amides is 2. The lowest BCUT2D eigenvalue weighted by atomic mass is 10.0. The lowest BCUT2D eigenvalue weighted by Gasteiger charge is -2.43. The Kier molecular flexibility index (Phi) is 4.80. The van der Waals surface area contributed by atoms with Crippen molar-refractivity contribution in [1.29, 1.82) is 0 Å². The van der Waals surface area contributed by atoms with Gasteiger partial charge in [0.25, 0.3) is 0 Å². The number of hydrogen-bond donors (Lipinski definition) is 1. The first-order chi connectivity index (χ1) is 11.5. The van der Waals surface area contributed by atoms with Crippen LogP contribution in [0.4, 0.5) is 14.5 Å². The largest absolute Gasteiger partial charge is 0.329 e. The fourth-order valence-electron chi connectivity index (χ4n) is 3.57. The normalized spacial score (nSPS) is 23.9. The van der Waals surface area contributed by atoms with Gasteiger partial charge in [0.05, 0.1) is 0 Å². The molecular formula is C17H21F2N3O2. The van der Waals surface area contributed by atoms with Crippen LogP contribution in [0.5, 0.6) is 0 Å². The van der Waals surface area contributed by atoms with Crippen LogP contribution in [-0.2, 0) is 9.59 Å². The summed E-state index contributed by atoms with van der Waals surface area (Å²) in [6.07, 6.45) is 2.92. The molecule has 2 aliphatic heterocycles. The van der Waals surface area contributed by atoms with Crippen LogP contribution < -0.4 is 5.32 Å². The van der Waals surface area contributed by atoms with Gasteiger partial charge in [0, 0.05) is 36.9 Å². The molecule has 5 nitrogen and oxygen atoms in total. The highest BCUT2D eigenvalue weighted by atomic mass is 19.2. The molecule has 24 heavy (non-hydrogen) atoms. The van der Waals surface area contributed by atoms with Gasteiger partial charge in [-0.3, -0.25) is 14.5 Å². The van der Waals surface area contributed by atoms with E-state index in [0.717, 1.165) is 44.5 Å². The molecule has 2 aliphatic rings. The molecule has 2 heterocycles. The molecule has 2 atom stereocenters. The van der Waals surface area contributed by atoms with Crippen molar-refractivity contribution < 1.29 is 18.4 Å². The van der Waals surface area contributed by atoms with E-state index in [0.29, 0.717) is 12.6 Å². The van der Waals surface area contributed by atoms with Crippen LogP contribution >= 0.6 is 0 Å². The monoisotopic (exact) mass is 337 g/mol. The second-order valence-corrected chi connectivity index (χ2v) is 6.39. The van der Waals surface area contributed by atoms with Gasteiger partial charge in [0.15, 0.2) is 11.6 Å². The van der Waals surface area contributed by atoms with E-state index in [1.54, 1.807) is 4.90 Å². The van der Waals surface area contributed by atoms with E-state index in [1.165, 1.54) is 6.07 Å². The summed E-state index contributed by atoms with van der Waals surface area (Å²) >= 11 is 0. The average Bonchev–Trinajstić information content (AvgIpc) is 3.03. The van der Waals surface area contributed by atoms with Gasteiger partial charge in [-0.15, -0.1) is 0 Å². The fourth-order valence-corrected chi connectivity index (χ4v) is 3.57. The summed E-state index contributed by atoms with van der Waals surface area (Å²) in [6.45, 7) is 4.37. The van der Waals surface area contributed by atoms with E-state index >= 15 is 0 Å². The highest BCUT2D eigenvalue weighted by Crippen LogP contribution is 2.26. The zero-order valence-corrected chi connectivity index (χ0v) is 13.6. The highest BCUT2D eigenvalue weighted by molar-refractivity contribution is 6.39. The maximum atomic E-state index is 13.2. The van der Waals surface area contributed by atoms with Crippen LogP contribution in [0.1, 0.15) is 26.2 Å². The fraction of sp³-hybridized carbons (Fsp3) is 0.529. The van der Waals surface area contributed by atoms with Crippen LogP contribution in [0.15, 0.2) is 18.2 Å². The van der Waals surface area contributed by atoms with Gasteiger partial charge in [-0.1, -0.05) is 6.92 Å². The van der Waals surface area contributed by atoms with Gasteiger partial charge >= 0.3 is 11.8 Å². The summed E-state index contributed by atoms with van der Waals surface area (Å²) in [5, 5.41) is 2.36. The van der Waals surface area contributed by atoms with E-state index in [2.05, 4.69) is 10.2 Å². The van der Waals surface area contributed by atoms with E-state index < -0.39 is 23.4 Å². The summed E-state index contributed by atoms with van der Waals surface area (Å²) in [7, 11) is 0. The molecule has 1 N–H and O–H groups in total. The SMILES string of the molecule is CC[C@H]1CN2CCC[C@@H]2CN1C(=O)C(=O)Nc1ccc(F)c(F)c1. The third kappa shape index (κ3) is 3.26. The van der Waals surface area contributed by atoms with E-state index in [-0.39, 0.29) is 11.7 Å². The maximum absolute atomic E-state index is 13.2.